The van der Waals surface area contributed by atoms with Crippen molar-refractivity contribution in [2.24, 2.45) is 0 Å². The lowest BCUT2D eigenvalue weighted by atomic mass is 10.2. The third-order valence-electron chi connectivity index (χ3n) is 3.56. The maximum atomic E-state index is 12.3. The zero-order valence-electron chi connectivity index (χ0n) is 11.7. The van der Waals surface area contributed by atoms with E-state index in [1.165, 1.54) is 18.7 Å². The maximum absolute atomic E-state index is 12.3. The highest BCUT2D eigenvalue weighted by molar-refractivity contribution is 6.30. The van der Waals surface area contributed by atoms with Gasteiger partial charge in [0, 0.05) is 37.4 Å². The van der Waals surface area contributed by atoms with Crippen LogP contribution in [0.2, 0.25) is 5.02 Å². The van der Waals surface area contributed by atoms with Gasteiger partial charge in [-0.25, -0.2) is 0 Å². The van der Waals surface area contributed by atoms with E-state index in [4.69, 9.17) is 16.0 Å². The van der Waals surface area contributed by atoms with E-state index in [9.17, 15) is 9.59 Å². The Morgan fingerprint density at radius 1 is 1.09 bits per heavy atom. The highest BCUT2D eigenvalue weighted by Gasteiger charge is 2.26. The Bertz CT molecular complexity index is 679. The number of piperazine rings is 1. The molecule has 0 aromatic carbocycles. The molecule has 0 unspecified atom stereocenters. The molecule has 0 N–H and O–H groups in total. The molecule has 0 aliphatic carbocycles. The summed E-state index contributed by atoms with van der Waals surface area (Å²) in [5, 5.41) is 0.479. The minimum absolute atomic E-state index is 0.0817. The van der Waals surface area contributed by atoms with Gasteiger partial charge in [-0.05, 0) is 18.2 Å². The molecule has 3 rings (SSSR count). The molecule has 0 atom stereocenters. The number of hydrogen-bond acceptors (Lipinski definition) is 4. The third-order valence-corrected chi connectivity index (χ3v) is 3.80. The molecule has 1 saturated heterocycles. The van der Waals surface area contributed by atoms with Crippen LogP contribution in [0.1, 0.15) is 20.8 Å². The smallest absolute Gasteiger partial charge is 0.272 e. The monoisotopic (exact) mass is 319 g/mol. The summed E-state index contributed by atoms with van der Waals surface area (Å²) in [4.78, 5) is 32.0. The summed E-state index contributed by atoms with van der Waals surface area (Å²) < 4.78 is 4.92. The predicted molar refractivity (Wildman–Crippen MR) is 79.8 cm³/mol. The van der Waals surface area contributed by atoms with E-state index >= 15 is 0 Å². The first-order valence-corrected chi connectivity index (χ1v) is 7.25. The Labute approximate surface area is 132 Å². The summed E-state index contributed by atoms with van der Waals surface area (Å²) in [6.45, 7) is 1.90. The van der Waals surface area contributed by atoms with Gasteiger partial charge in [0.25, 0.3) is 11.8 Å². The summed E-state index contributed by atoms with van der Waals surface area (Å²) in [7, 11) is 0. The highest BCUT2D eigenvalue weighted by atomic mass is 35.5. The minimum atomic E-state index is -0.169. The zero-order valence-corrected chi connectivity index (χ0v) is 12.5. The van der Waals surface area contributed by atoms with Gasteiger partial charge >= 0.3 is 0 Å². The molecule has 2 amide bonds. The fraction of sp³-hybridized carbons (Fsp3) is 0.267. The van der Waals surface area contributed by atoms with Crippen LogP contribution in [0.4, 0.5) is 0 Å². The summed E-state index contributed by atoms with van der Waals surface area (Å²) in [6.07, 6.45) is 4.40. The average molecular weight is 320 g/mol. The molecule has 3 heterocycles. The molecule has 6 nitrogen and oxygen atoms in total. The van der Waals surface area contributed by atoms with Gasteiger partial charge in [-0.1, -0.05) is 11.6 Å². The van der Waals surface area contributed by atoms with E-state index in [2.05, 4.69) is 4.98 Å². The first kappa shape index (κ1) is 14.6. The maximum Gasteiger partial charge on any atom is 0.272 e. The molecule has 2 aromatic rings. The van der Waals surface area contributed by atoms with Gasteiger partial charge in [0.1, 0.15) is 12.0 Å². The average Bonchev–Trinajstić information content (AvgIpc) is 3.08. The van der Waals surface area contributed by atoms with Crippen molar-refractivity contribution in [2.75, 3.05) is 26.2 Å². The second kappa shape index (κ2) is 6.19. The van der Waals surface area contributed by atoms with Crippen molar-refractivity contribution >= 4 is 23.4 Å². The Morgan fingerprint density at radius 2 is 1.77 bits per heavy atom. The van der Waals surface area contributed by atoms with Crippen LogP contribution in [-0.2, 0) is 0 Å². The van der Waals surface area contributed by atoms with E-state index in [-0.39, 0.29) is 11.8 Å². The van der Waals surface area contributed by atoms with Gasteiger partial charge < -0.3 is 14.2 Å². The minimum Gasteiger partial charge on any atom is -0.472 e. The van der Waals surface area contributed by atoms with Gasteiger partial charge in [-0.2, -0.15) is 0 Å². The van der Waals surface area contributed by atoms with Crippen LogP contribution in [0.5, 0.6) is 0 Å². The van der Waals surface area contributed by atoms with E-state index in [1.54, 1.807) is 28.0 Å². The van der Waals surface area contributed by atoms with Gasteiger partial charge in [0.2, 0.25) is 0 Å². The van der Waals surface area contributed by atoms with E-state index < -0.39 is 0 Å². The molecule has 0 saturated carbocycles. The van der Waals surface area contributed by atoms with Gasteiger partial charge in [0.15, 0.2) is 0 Å². The summed E-state index contributed by atoms with van der Waals surface area (Å²) in [6, 6.07) is 4.81. The van der Waals surface area contributed by atoms with Crippen molar-refractivity contribution in [2.45, 2.75) is 0 Å². The molecule has 0 bridgehead atoms. The van der Waals surface area contributed by atoms with Crippen molar-refractivity contribution in [1.82, 2.24) is 14.8 Å². The van der Waals surface area contributed by atoms with Crippen LogP contribution in [-0.4, -0.2) is 52.8 Å². The van der Waals surface area contributed by atoms with Crippen molar-refractivity contribution in [3.63, 3.8) is 0 Å². The van der Waals surface area contributed by atoms with Crippen LogP contribution in [0.15, 0.2) is 41.3 Å². The fourth-order valence-corrected chi connectivity index (χ4v) is 2.52. The van der Waals surface area contributed by atoms with Crippen LogP contribution < -0.4 is 0 Å². The molecular formula is C15H14ClN3O3. The summed E-state index contributed by atoms with van der Waals surface area (Å²) >= 11 is 5.88. The van der Waals surface area contributed by atoms with Gasteiger partial charge in [-0.3, -0.25) is 14.6 Å². The normalized spacial score (nSPS) is 15.0. The zero-order chi connectivity index (χ0) is 15.5. The van der Waals surface area contributed by atoms with Gasteiger partial charge in [-0.15, -0.1) is 0 Å². The topological polar surface area (TPSA) is 66.7 Å². The molecule has 2 aromatic heterocycles. The first-order valence-electron chi connectivity index (χ1n) is 6.87. The van der Waals surface area contributed by atoms with E-state index in [1.807, 2.05) is 0 Å². The molecule has 114 valence electrons. The Hall–Kier alpha value is -2.34. The Kier molecular flexibility index (Phi) is 4.11. The predicted octanol–water partition coefficient (Wildman–Crippen LogP) is 1.93. The van der Waals surface area contributed by atoms with Crippen LogP contribution >= 0.6 is 11.6 Å². The number of carbonyl (C=O) groups is 2. The van der Waals surface area contributed by atoms with Crippen LogP contribution in [0.3, 0.4) is 0 Å². The van der Waals surface area contributed by atoms with Crippen molar-refractivity contribution in [1.29, 1.82) is 0 Å². The molecule has 22 heavy (non-hydrogen) atoms. The number of halogens is 1. The molecule has 1 aliphatic rings. The van der Waals surface area contributed by atoms with Crippen LogP contribution in [0, 0.1) is 0 Å². The number of nitrogens with zero attached hydrogens (tertiary/aromatic N) is 3. The van der Waals surface area contributed by atoms with Gasteiger partial charge in [0.05, 0.1) is 11.8 Å². The number of furan rings is 1. The van der Waals surface area contributed by atoms with E-state index in [0.717, 1.165) is 0 Å². The molecule has 0 spiro atoms. The molecule has 0 radical (unpaired) electrons. The lowest BCUT2D eigenvalue weighted by molar-refractivity contribution is 0.0532. The molecule has 7 heteroatoms. The van der Waals surface area contributed by atoms with Crippen LogP contribution in [0.25, 0.3) is 0 Å². The third kappa shape index (κ3) is 2.96. The van der Waals surface area contributed by atoms with Crippen molar-refractivity contribution < 1.29 is 14.0 Å². The number of amides is 2. The van der Waals surface area contributed by atoms with E-state index in [0.29, 0.717) is 42.5 Å². The molecular weight excluding hydrogens is 306 g/mol. The number of rotatable bonds is 2. The number of hydrogen-bond donors (Lipinski definition) is 0. The first-order chi connectivity index (χ1) is 10.6. The lowest BCUT2D eigenvalue weighted by Crippen LogP contribution is -2.50. The highest BCUT2D eigenvalue weighted by Crippen LogP contribution is 2.13. The summed E-state index contributed by atoms with van der Waals surface area (Å²) in [5.74, 6) is -0.250. The summed E-state index contributed by atoms with van der Waals surface area (Å²) in [5.41, 5.74) is 0.846. The largest absolute Gasteiger partial charge is 0.472 e. The number of aromatic nitrogens is 1. The lowest BCUT2D eigenvalue weighted by Gasteiger charge is -2.34. The SMILES string of the molecule is O=C(c1ccoc1)N1CCN(C(=O)c2cc(Cl)ccn2)CC1. The molecule has 1 fully saturated rings. The Morgan fingerprint density at radius 3 is 2.36 bits per heavy atom. The second-order valence-electron chi connectivity index (χ2n) is 4.96. The quantitative estimate of drug-likeness (QED) is 0.848. The Balaban J connectivity index is 1.62. The number of pyridine rings is 1. The van der Waals surface area contributed by atoms with Crippen molar-refractivity contribution in [3.8, 4) is 0 Å². The van der Waals surface area contributed by atoms with Crippen molar-refractivity contribution in [3.05, 3.63) is 53.2 Å². The number of carbonyl (C=O) groups excluding carboxylic acids is 2. The fourth-order valence-electron chi connectivity index (χ4n) is 2.37. The standard InChI is InChI=1S/C15H14ClN3O3/c16-12-1-3-17-13(9-12)15(21)19-6-4-18(5-7-19)14(20)11-2-8-22-10-11/h1-3,8-10H,4-7H2. The second-order valence-corrected chi connectivity index (χ2v) is 5.39. The molecule has 1 aliphatic heterocycles.